The summed E-state index contributed by atoms with van der Waals surface area (Å²) in [6, 6.07) is 3.26. The molecule has 0 unspecified atom stereocenters. The van der Waals surface area contributed by atoms with Gasteiger partial charge in [-0.2, -0.15) is 0 Å². The number of hydrogen-bond donors (Lipinski definition) is 0. The van der Waals surface area contributed by atoms with Gasteiger partial charge in [0.15, 0.2) is 0 Å². The van der Waals surface area contributed by atoms with Gasteiger partial charge in [-0.1, -0.05) is 0 Å². The monoisotopic (exact) mass is 328 g/mol. The lowest BCUT2D eigenvalue weighted by Gasteiger charge is -2.11. The molecule has 0 heterocycles. The van der Waals surface area contributed by atoms with E-state index in [4.69, 9.17) is 20.2 Å². The maximum Gasteiger partial charge on any atom is 0.236 e. The molecule has 0 radical (unpaired) electrons. The van der Waals surface area contributed by atoms with Gasteiger partial charge >= 0.3 is 0 Å². The van der Waals surface area contributed by atoms with Crippen molar-refractivity contribution < 1.29 is 17.9 Å². The first-order chi connectivity index (χ1) is 7.37. The molecule has 0 aromatic heterocycles. The number of benzene rings is 1. The molecule has 0 amide bonds. The molecular formula is C9H10BrClO4S. The topological polar surface area (TPSA) is 52.6 Å². The Morgan fingerprint density at radius 3 is 2.38 bits per heavy atom. The average molecular weight is 330 g/mol. The second-order valence-corrected chi connectivity index (χ2v) is 6.62. The van der Waals surface area contributed by atoms with Gasteiger partial charge in [-0.05, 0) is 28.1 Å². The summed E-state index contributed by atoms with van der Waals surface area (Å²) in [6.45, 7) is 0. The van der Waals surface area contributed by atoms with E-state index in [1.807, 2.05) is 0 Å². The summed E-state index contributed by atoms with van der Waals surface area (Å²) in [5, 5.41) is 0. The minimum atomic E-state index is -3.64. The predicted octanol–water partition coefficient (Wildman–Crippen LogP) is 2.53. The van der Waals surface area contributed by atoms with Crippen LogP contribution in [0.2, 0.25) is 0 Å². The van der Waals surface area contributed by atoms with Gasteiger partial charge in [-0.25, -0.2) is 8.42 Å². The van der Waals surface area contributed by atoms with Gasteiger partial charge in [0.25, 0.3) is 0 Å². The summed E-state index contributed by atoms with van der Waals surface area (Å²) < 4.78 is 32.8. The van der Waals surface area contributed by atoms with Crippen molar-refractivity contribution in [3.8, 4) is 11.5 Å². The lowest BCUT2D eigenvalue weighted by Crippen LogP contribution is -2.00. The number of ether oxygens (including phenoxy) is 2. The van der Waals surface area contributed by atoms with Crippen LogP contribution >= 0.6 is 26.6 Å². The number of halogens is 2. The maximum absolute atomic E-state index is 11.0. The first kappa shape index (κ1) is 13.6. The minimum absolute atomic E-state index is 0.312. The number of methoxy groups -OCH3 is 2. The van der Waals surface area contributed by atoms with Gasteiger partial charge in [0.05, 0.1) is 24.4 Å². The fourth-order valence-electron chi connectivity index (χ4n) is 1.26. The highest BCUT2D eigenvalue weighted by molar-refractivity contribution is 9.10. The molecule has 0 aliphatic carbocycles. The third-order valence-electron chi connectivity index (χ3n) is 1.86. The lowest BCUT2D eigenvalue weighted by molar-refractivity contribution is 0.397. The summed E-state index contributed by atoms with van der Waals surface area (Å²) in [6.07, 6.45) is 0. The van der Waals surface area contributed by atoms with Crippen LogP contribution in [-0.2, 0) is 14.8 Å². The van der Waals surface area contributed by atoms with Crippen molar-refractivity contribution in [1.29, 1.82) is 0 Å². The Labute approximate surface area is 107 Å². The summed E-state index contributed by atoms with van der Waals surface area (Å²) >= 11 is 3.26. The Balaban J connectivity index is 3.28. The quantitative estimate of drug-likeness (QED) is 0.797. The molecular weight excluding hydrogens is 320 g/mol. The molecule has 1 aromatic rings. The van der Waals surface area contributed by atoms with Crippen molar-refractivity contribution in [3.05, 3.63) is 22.2 Å². The molecule has 0 aliphatic rings. The van der Waals surface area contributed by atoms with E-state index in [9.17, 15) is 8.42 Å². The Hall–Kier alpha value is -0.460. The lowest BCUT2D eigenvalue weighted by atomic mass is 10.2. The maximum atomic E-state index is 11.0. The van der Waals surface area contributed by atoms with E-state index in [0.717, 1.165) is 0 Å². The summed E-state index contributed by atoms with van der Waals surface area (Å²) in [4.78, 5) is 0. The number of hydrogen-bond acceptors (Lipinski definition) is 4. The van der Waals surface area contributed by atoms with E-state index >= 15 is 0 Å². The highest BCUT2D eigenvalue weighted by atomic mass is 79.9. The normalized spacial score (nSPS) is 11.2. The molecule has 0 fully saturated rings. The third kappa shape index (κ3) is 3.54. The van der Waals surface area contributed by atoms with Gasteiger partial charge in [0.2, 0.25) is 9.05 Å². The van der Waals surface area contributed by atoms with E-state index < -0.39 is 9.05 Å². The molecule has 90 valence electrons. The molecule has 0 N–H and O–H groups in total. The van der Waals surface area contributed by atoms with Crippen LogP contribution in [0.5, 0.6) is 11.5 Å². The van der Waals surface area contributed by atoms with Crippen molar-refractivity contribution in [2.24, 2.45) is 0 Å². The second kappa shape index (κ2) is 5.25. The van der Waals surface area contributed by atoms with Crippen LogP contribution < -0.4 is 9.47 Å². The average Bonchev–Trinajstić information content (AvgIpc) is 2.14. The molecule has 0 saturated carbocycles. The second-order valence-electron chi connectivity index (χ2n) is 2.98. The van der Waals surface area contributed by atoms with Crippen LogP contribution in [0.25, 0.3) is 0 Å². The van der Waals surface area contributed by atoms with Crippen LogP contribution in [-0.4, -0.2) is 22.6 Å². The molecule has 1 rings (SSSR count). The van der Waals surface area contributed by atoms with Crippen LogP contribution in [0.1, 0.15) is 5.56 Å². The Morgan fingerprint density at radius 2 is 1.94 bits per heavy atom. The van der Waals surface area contributed by atoms with E-state index in [1.165, 1.54) is 14.2 Å². The van der Waals surface area contributed by atoms with Gasteiger partial charge in [-0.3, -0.25) is 0 Å². The van der Waals surface area contributed by atoms with E-state index in [1.54, 1.807) is 12.1 Å². The van der Waals surface area contributed by atoms with Crippen LogP contribution in [0.3, 0.4) is 0 Å². The zero-order valence-electron chi connectivity index (χ0n) is 8.66. The Morgan fingerprint density at radius 1 is 1.31 bits per heavy atom. The van der Waals surface area contributed by atoms with E-state index in [0.29, 0.717) is 21.5 Å². The van der Waals surface area contributed by atoms with Gasteiger partial charge in [0.1, 0.15) is 11.5 Å². The molecule has 7 heteroatoms. The standard InChI is InChI=1S/C9H10BrClO4S/c1-14-7-3-6(5-16(11,12)13)9(15-2)8(10)4-7/h3-4H,5H2,1-2H3. The molecule has 0 spiro atoms. The fourth-order valence-corrected chi connectivity index (χ4v) is 2.84. The highest BCUT2D eigenvalue weighted by Gasteiger charge is 2.16. The molecule has 1 aromatic carbocycles. The summed E-state index contributed by atoms with van der Waals surface area (Å²) in [7, 11) is 4.52. The molecule has 0 saturated heterocycles. The molecule has 0 aliphatic heterocycles. The fraction of sp³-hybridized carbons (Fsp3) is 0.333. The molecule has 4 nitrogen and oxygen atoms in total. The molecule has 0 bridgehead atoms. The SMILES string of the molecule is COc1cc(Br)c(OC)c(CS(=O)(=O)Cl)c1. The van der Waals surface area contributed by atoms with Gasteiger partial charge in [-0.15, -0.1) is 0 Å². The first-order valence-corrected chi connectivity index (χ1v) is 7.47. The first-order valence-electron chi connectivity index (χ1n) is 4.20. The van der Waals surface area contributed by atoms with Crippen LogP contribution in [0.4, 0.5) is 0 Å². The van der Waals surface area contributed by atoms with Crippen molar-refractivity contribution in [2.45, 2.75) is 5.75 Å². The smallest absolute Gasteiger partial charge is 0.236 e. The molecule has 0 atom stereocenters. The predicted molar refractivity (Wildman–Crippen MR) is 65.7 cm³/mol. The van der Waals surface area contributed by atoms with Gasteiger partial charge in [0, 0.05) is 16.2 Å². The van der Waals surface area contributed by atoms with E-state index in [2.05, 4.69) is 15.9 Å². The summed E-state index contributed by atoms with van der Waals surface area (Å²) in [5.74, 6) is 0.654. The van der Waals surface area contributed by atoms with Crippen molar-refractivity contribution in [3.63, 3.8) is 0 Å². The van der Waals surface area contributed by atoms with Crippen LogP contribution in [0.15, 0.2) is 16.6 Å². The van der Waals surface area contributed by atoms with E-state index in [-0.39, 0.29) is 5.75 Å². The minimum Gasteiger partial charge on any atom is -0.497 e. The Kier molecular flexibility index (Phi) is 4.46. The van der Waals surface area contributed by atoms with Crippen molar-refractivity contribution in [1.82, 2.24) is 0 Å². The van der Waals surface area contributed by atoms with Crippen molar-refractivity contribution in [2.75, 3.05) is 14.2 Å². The zero-order valence-corrected chi connectivity index (χ0v) is 11.8. The highest BCUT2D eigenvalue weighted by Crippen LogP contribution is 2.34. The largest absolute Gasteiger partial charge is 0.497 e. The zero-order chi connectivity index (χ0) is 12.3. The van der Waals surface area contributed by atoms with Crippen molar-refractivity contribution >= 4 is 35.7 Å². The third-order valence-corrected chi connectivity index (χ3v) is 3.43. The Bertz CT molecular complexity index is 487. The molecule has 16 heavy (non-hydrogen) atoms. The number of rotatable bonds is 4. The summed E-state index contributed by atoms with van der Waals surface area (Å²) in [5.41, 5.74) is 0.448. The van der Waals surface area contributed by atoms with Gasteiger partial charge < -0.3 is 9.47 Å². The van der Waals surface area contributed by atoms with Crippen LogP contribution in [0, 0.1) is 0 Å².